The highest BCUT2D eigenvalue weighted by Gasteiger charge is 2.19. The van der Waals surface area contributed by atoms with Crippen molar-refractivity contribution in [3.05, 3.63) is 170 Å². The van der Waals surface area contributed by atoms with Crippen LogP contribution >= 0.6 is 0 Å². The normalized spacial score (nSPS) is 13.3. The fraction of sp³-hybridized carbons (Fsp3) is 0.592. The van der Waals surface area contributed by atoms with Gasteiger partial charge in [-0.25, -0.2) is 0 Å². The molecule has 1 unspecified atom stereocenters. The Morgan fingerprint density at radius 3 is 0.744 bits per heavy atom. The number of rotatable bonds is 58. The van der Waals surface area contributed by atoms with E-state index in [2.05, 4.69) is 191 Å². The molecular formula is C76H120O6. The fourth-order valence-corrected chi connectivity index (χ4v) is 8.52. The lowest BCUT2D eigenvalue weighted by molar-refractivity contribution is -0.167. The summed E-state index contributed by atoms with van der Waals surface area (Å²) in [7, 11) is 0. The van der Waals surface area contributed by atoms with Gasteiger partial charge in [0.15, 0.2) is 6.10 Å². The Hall–Kier alpha value is -5.23. The van der Waals surface area contributed by atoms with E-state index >= 15 is 0 Å². The largest absolute Gasteiger partial charge is 0.462 e. The second-order valence-corrected chi connectivity index (χ2v) is 21.3. The third kappa shape index (κ3) is 65.6. The van der Waals surface area contributed by atoms with Crippen LogP contribution in [0.1, 0.15) is 271 Å². The van der Waals surface area contributed by atoms with E-state index in [4.69, 9.17) is 14.2 Å². The molecule has 1 atom stereocenters. The molecule has 0 aliphatic carbocycles. The number of allylic oxidation sites excluding steroid dienone is 28. The van der Waals surface area contributed by atoms with Crippen LogP contribution in [0.15, 0.2) is 170 Å². The first-order valence-electron chi connectivity index (χ1n) is 33.1. The zero-order valence-electron chi connectivity index (χ0n) is 52.7. The van der Waals surface area contributed by atoms with Gasteiger partial charge in [0.2, 0.25) is 0 Å². The molecule has 0 aromatic rings. The predicted molar refractivity (Wildman–Crippen MR) is 357 cm³/mol. The highest BCUT2D eigenvalue weighted by atomic mass is 16.6. The first kappa shape index (κ1) is 76.8. The van der Waals surface area contributed by atoms with E-state index in [9.17, 15) is 14.4 Å². The summed E-state index contributed by atoms with van der Waals surface area (Å²) in [6.07, 6.45) is 101. The van der Waals surface area contributed by atoms with E-state index in [1.807, 2.05) is 0 Å². The molecule has 0 rings (SSSR count). The smallest absolute Gasteiger partial charge is 0.306 e. The van der Waals surface area contributed by atoms with Crippen molar-refractivity contribution in [2.24, 2.45) is 0 Å². The van der Waals surface area contributed by atoms with Gasteiger partial charge in [0.05, 0.1) is 0 Å². The molecular weight excluding hydrogens is 1010 g/mol. The molecule has 0 amide bonds. The third-order valence-corrected chi connectivity index (χ3v) is 13.4. The first-order valence-corrected chi connectivity index (χ1v) is 33.1. The minimum absolute atomic E-state index is 0.104. The molecule has 82 heavy (non-hydrogen) atoms. The van der Waals surface area contributed by atoms with Gasteiger partial charge in [0, 0.05) is 19.3 Å². The molecule has 6 heteroatoms. The Labute approximate surface area is 504 Å². The van der Waals surface area contributed by atoms with E-state index in [0.29, 0.717) is 12.8 Å². The van der Waals surface area contributed by atoms with Crippen molar-refractivity contribution in [3.63, 3.8) is 0 Å². The summed E-state index contributed by atoms with van der Waals surface area (Å²) in [5.41, 5.74) is 0. The molecule has 0 spiro atoms. The zero-order valence-corrected chi connectivity index (χ0v) is 52.7. The van der Waals surface area contributed by atoms with E-state index in [-0.39, 0.29) is 37.5 Å². The summed E-state index contributed by atoms with van der Waals surface area (Å²) in [5, 5.41) is 0. The highest BCUT2D eigenvalue weighted by Crippen LogP contribution is 2.14. The van der Waals surface area contributed by atoms with Crippen molar-refractivity contribution in [1.29, 1.82) is 0 Å². The lowest BCUT2D eigenvalue weighted by Gasteiger charge is -2.18. The Morgan fingerprint density at radius 2 is 0.476 bits per heavy atom. The van der Waals surface area contributed by atoms with Crippen LogP contribution in [0.5, 0.6) is 0 Å². The standard InChI is InChI=1S/C76H120O6/c1-4-7-10-13-16-19-22-25-28-30-31-32-33-34-35-36-37-38-39-40-41-42-43-44-45-47-48-51-54-57-60-63-66-69-75(78)81-72-73(71-80-74(77)68-65-62-59-56-53-50-27-24-21-18-15-12-9-6-3)82-76(79)70-67-64-61-58-55-52-49-46-29-26-23-20-17-14-11-8-5-2/h7-8,10-11,15-20,24-29,31-32,34-35,37-38,40-41,43-44,49,52,73H,4-6,9,12-14,21-23,30,33,36,39,42,45-48,50-51,53-72H2,1-3H3/b10-7-,11-8-,18-15-,19-16-,20-17-,27-24-,28-25-,29-26-,32-31-,35-34-,38-37-,41-40-,44-43-,52-49-. The van der Waals surface area contributed by atoms with Crippen molar-refractivity contribution in [3.8, 4) is 0 Å². The summed E-state index contributed by atoms with van der Waals surface area (Å²) >= 11 is 0. The monoisotopic (exact) mass is 1130 g/mol. The summed E-state index contributed by atoms with van der Waals surface area (Å²) in [6.45, 7) is 6.33. The van der Waals surface area contributed by atoms with E-state index in [0.717, 1.165) is 180 Å². The van der Waals surface area contributed by atoms with Crippen LogP contribution in [0.25, 0.3) is 0 Å². The number of carbonyl (C=O) groups is 3. The van der Waals surface area contributed by atoms with Crippen LogP contribution in [0.4, 0.5) is 0 Å². The first-order chi connectivity index (χ1) is 40.5. The second-order valence-electron chi connectivity index (χ2n) is 21.3. The van der Waals surface area contributed by atoms with Gasteiger partial charge < -0.3 is 14.2 Å². The SMILES string of the molecule is CC/C=C\C/C=C\C/C=C\C/C=C\C/C=C\C/C=C\C/C=C\C/C=C\CCCCCCCCCCC(=O)OCC(COC(=O)CCCCCCC/C=C\C/C=C\CCCC)OC(=O)CCCCCC/C=C\C/C=C\C/C=C\C/C=C\CC. The van der Waals surface area contributed by atoms with E-state index in [1.54, 1.807) is 0 Å². The van der Waals surface area contributed by atoms with Crippen LogP contribution < -0.4 is 0 Å². The summed E-state index contributed by atoms with van der Waals surface area (Å²) in [4.78, 5) is 38.3. The maximum atomic E-state index is 12.9. The zero-order chi connectivity index (χ0) is 59.2. The average molecular weight is 1130 g/mol. The summed E-state index contributed by atoms with van der Waals surface area (Å²) < 4.78 is 16.9. The number of hydrogen-bond donors (Lipinski definition) is 0. The van der Waals surface area contributed by atoms with Crippen molar-refractivity contribution in [1.82, 2.24) is 0 Å². The Balaban J connectivity index is 4.36. The number of ether oxygens (including phenoxy) is 3. The van der Waals surface area contributed by atoms with Crippen LogP contribution in [0.2, 0.25) is 0 Å². The molecule has 0 bridgehead atoms. The Morgan fingerprint density at radius 1 is 0.256 bits per heavy atom. The number of hydrogen-bond acceptors (Lipinski definition) is 6. The van der Waals surface area contributed by atoms with Crippen LogP contribution in [-0.4, -0.2) is 37.2 Å². The van der Waals surface area contributed by atoms with Gasteiger partial charge in [0.25, 0.3) is 0 Å². The number of carbonyl (C=O) groups excluding carboxylic acids is 3. The highest BCUT2D eigenvalue weighted by molar-refractivity contribution is 5.71. The van der Waals surface area contributed by atoms with Gasteiger partial charge in [-0.05, 0) is 148 Å². The Bertz CT molecular complexity index is 1870. The summed E-state index contributed by atoms with van der Waals surface area (Å²) in [5.74, 6) is -0.953. The molecule has 0 aromatic carbocycles. The molecule has 6 nitrogen and oxygen atoms in total. The molecule has 0 fully saturated rings. The van der Waals surface area contributed by atoms with Crippen molar-refractivity contribution in [2.45, 2.75) is 277 Å². The minimum atomic E-state index is -0.810. The molecule has 0 saturated heterocycles. The van der Waals surface area contributed by atoms with Gasteiger partial charge in [-0.3, -0.25) is 14.4 Å². The van der Waals surface area contributed by atoms with Gasteiger partial charge in [0.1, 0.15) is 13.2 Å². The van der Waals surface area contributed by atoms with Crippen LogP contribution in [0.3, 0.4) is 0 Å². The van der Waals surface area contributed by atoms with E-state index in [1.165, 1.54) is 51.4 Å². The van der Waals surface area contributed by atoms with Gasteiger partial charge >= 0.3 is 17.9 Å². The number of esters is 3. The number of unbranched alkanes of at least 4 members (excludes halogenated alkanes) is 19. The Kier molecular flexibility index (Phi) is 63.9. The van der Waals surface area contributed by atoms with Gasteiger partial charge in [-0.1, -0.05) is 274 Å². The molecule has 0 N–H and O–H groups in total. The molecule has 460 valence electrons. The maximum absolute atomic E-state index is 12.9. The third-order valence-electron chi connectivity index (χ3n) is 13.4. The van der Waals surface area contributed by atoms with Crippen LogP contribution in [-0.2, 0) is 28.6 Å². The molecule has 0 heterocycles. The van der Waals surface area contributed by atoms with Crippen molar-refractivity contribution < 1.29 is 28.6 Å². The average Bonchev–Trinajstić information content (AvgIpc) is 3.47. The molecule has 0 saturated carbocycles. The maximum Gasteiger partial charge on any atom is 0.306 e. The van der Waals surface area contributed by atoms with Crippen molar-refractivity contribution in [2.75, 3.05) is 13.2 Å². The van der Waals surface area contributed by atoms with Crippen LogP contribution in [0, 0.1) is 0 Å². The van der Waals surface area contributed by atoms with Crippen molar-refractivity contribution >= 4 is 17.9 Å². The molecule has 0 aliphatic heterocycles. The lowest BCUT2D eigenvalue weighted by atomic mass is 10.1. The lowest BCUT2D eigenvalue weighted by Crippen LogP contribution is -2.30. The predicted octanol–water partition coefficient (Wildman–Crippen LogP) is 23.0. The summed E-state index contributed by atoms with van der Waals surface area (Å²) in [6, 6.07) is 0. The minimum Gasteiger partial charge on any atom is -0.462 e. The quantitative estimate of drug-likeness (QED) is 0.0261. The molecule has 0 aromatic heterocycles. The topological polar surface area (TPSA) is 78.9 Å². The molecule has 0 aliphatic rings. The van der Waals surface area contributed by atoms with Gasteiger partial charge in [-0.15, -0.1) is 0 Å². The molecule has 0 radical (unpaired) electrons. The van der Waals surface area contributed by atoms with Gasteiger partial charge in [-0.2, -0.15) is 0 Å². The second kappa shape index (κ2) is 68.3. The van der Waals surface area contributed by atoms with E-state index < -0.39 is 6.10 Å². The fourth-order valence-electron chi connectivity index (χ4n) is 8.52.